The lowest BCUT2D eigenvalue weighted by atomic mass is 10.1. The van der Waals surface area contributed by atoms with Crippen LogP contribution in [0.5, 0.6) is 5.75 Å². The van der Waals surface area contributed by atoms with Gasteiger partial charge in [-0.15, -0.1) is 13.2 Å². The normalized spacial score (nSPS) is 16.7. The van der Waals surface area contributed by atoms with Crippen molar-refractivity contribution in [2.24, 2.45) is 5.92 Å². The van der Waals surface area contributed by atoms with Gasteiger partial charge in [-0.2, -0.15) is 18.3 Å². The number of anilines is 2. The predicted octanol–water partition coefficient (Wildman–Crippen LogP) is 3.87. The second kappa shape index (κ2) is 7.92. The minimum Gasteiger partial charge on any atom is -0.406 e. The summed E-state index contributed by atoms with van der Waals surface area (Å²) in [4.78, 5) is 12.9. The van der Waals surface area contributed by atoms with Crippen molar-refractivity contribution >= 4 is 17.4 Å². The van der Waals surface area contributed by atoms with Gasteiger partial charge in [0.1, 0.15) is 11.6 Å². The largest absolute Gasteiger partial charge is 0.573 e. The number of amides is 1. The average Bonchev–Trinajstić information content (AvgIpc) is 3.09. The lowest BCUT2D eigenvalue weighted by Gasteiger charge is -2.34. The number of hydrogen-bond donors (Lipinski definition) is 1. The van der Waals surface area contributed by atoms with Gasteiger partial charge in [-0.25, -0.2) is 4.68 Å². The first-order chi connectivity index (χ1) is 14.0. The Balaban J connectivity index is 1.90. The van der Waals surface area contributed by atoms with Crippen LogP contribution in [-0.2, 0) is 17.5 Å². The molecule has 12 heteroatoms. The quantitative estimate of drug-likeness (QED) is 0.574. The summed E-state index contributed by atoms with van der Waals surface area (Å²) in [5.41, 5.74) is -0.741. The molecule has 2 heterocycles. The monoisotopic (exact) mass is 434 g/mol. The van der Waals surface area contributed by atoms with Crippen molar-refractivity contribution in [1.29, 1.82) is 0 Å². The molecular formula is C18H16F6N4O2. The molecule has 0 saturated heterocycles. The zero-order valence-electron chi connectivity index (χ0n) is 15.3. The van der Waals surface area contributed by atoms with Crippen molar-refractivity contribution in [2.45, 2.75) is 19.1 Å². The fourth-order valence-electron chi connectivity index (χ4n) is 3.06. The lowest BCUT2D eigenvalue weighted by Crippen LogP contribution is -2.41. The van der Waals surface area contributed by atoms with Crippen LogP contribution in [0.4, 0.5) is 37.8 Å². The SMILES string of the molecule is C=CC(=O)NCC1CN(c2ccc(OC(F)(F)F)cc2)c2cc(C(F)(F)F)nn2C1. The maximum absolute atomic E-state index is 13.1. The van der Waals surface area contributed by atoms with Crippen LogP contribution >= 0.6 is 0 Å². The Kier molecular flexibility index (Phi) is 5.68. The summed E-state index contributed by atoms with van der Waals surface area (Å²) in [7, 11) is 0. The number of nitrogens with zero attached hydrogens (tertiary/aromatic N) is 3. The van der Waals surface area contributed by atoms with Crippen LogP contribution < -0.4 is 15.0 Å². The third-order valence-corrected chi connectivity index (χ3v) is 4.33. The zero-order chi connectivity index (χ0) is 22.1. The fraction of sp³-hybridized carbons (Fsp3) is 0.333. The Hall–Kier alpha value is -3.18. The molecule has 30 heavy (non-hydrogen) atoms. The molecule has 1 aromatic heterocycles. The molecule has 1 atom stereocenters. The molecule has 0 radical (unpaired) electrons. The number of carbonyl (C=O) groups excluding carboxylic acids is 1. The van der Waals surface area contributed by atoms with E-state index in [0.29, 0.717) is 5.69 Å². The standard InChI is InChI=1S/C18H16F6N4O2/c1-2-15(29)25-8-11-9-27(12-3-5-13(6-4-12)30-18(22,23)24)16-7-14(17(19,20)21)26-28(16)10-11/h2-7,11H,1,8-10H2,(H,25,29). The summed E-state index contributed by atoms with van der Waals surface area (Å²) >= 11 is 0. The average molecular weight is 434 g/mol. The summed E-state index contributed by atoms with van der Waals surface area (Å²) in [6.45, 7) is 3.81. The lowest BCUT2D eigenvalue weighted by molar-refractivity contribution is -0.274. The van der Waals surface area contributed by atoms with Crippen molar-refractivity contribution in [1.82, 2.24) is 15.1 Å². The molecule has 2 aromatic rings. The number of benzene rings is 1. The number of alkyl halides is 6. The third kappa shape index (κ3) is 5.05. The Bertz CT molecular complexity index is 920. The Morgan fingerprint density at radius 2 is 1.87 bits per heavy atom. The van der Waals surface area contributed by atoms with Crippen LogP contribution in [0.15, 0.2) is 43.0 Å². The van der Waals surface area contributed by atoms with Gasteiger partial charge in [-0.05, 0) is 30.3 Å². The van der Waals surface area contributed by atoms with E-state index in [9.17, 15) is 31.1 Å². The van der Waals surface area contributed by atoms with E-state index >= 15 is 0 Å². The number of aromatic nitrogens is 2. The first-order valence-electron chi connectivity index (χ1n) is 8.65. The number of ether oxygens (including phenoxy) is 1. The second-order valence-corrected chi connectivity index (χ2v) is 6.54. The predicted molar refractivity (Wildman–Crippen MR) is 94.1 cm³/mol. The highest BCUT2D eigenvalue weighted by Crippen LogP contribution is 2.37. The van der Waals surface area contributed by atoms with E-state index < -0.39 is 29.9 Å². The van der Waals surface area contributed by atoms with Crippen LogP contribution in [-0.4, -0.2) is 35.1 Å². The molecule has 0 aliphatic carbocycles. The van der Waals surface area contributed by atoms with E-state index in [4.69, 9.17) is 0 Å². The first kappa shape index (κ1) is 21.5. The molecule has 0 bridgehead atoms. The molecule has 1 aliphatic rings. The van der Waals surface area contributed by atoms with Crippen LogP contribution in [0.25, 0.3) is 0 Å². The van der Waals surface area contributed by atoms with E-state index in [2.05, 4.69) is 21.7 Å². The number of nitrogens with one attached hydrogen (secondary N) is 1. The number of carbonyl (C=O) groups is 1. The Labute approximate surface area is 166 Å². The van der Waals surface area contributed by atoms with E-state index in [1.54, 1.807) is 0 Å². The minimum absolute atomic E-state index is 0.120. The van der Waals surface area contributed by atoms with Crippen LogP contribution in [0.1, 0.15) is 5.69 Å². The summed E-state index contributed by atoms with van der Waals surface area (Å²) in [6.07, 6.45) is -8.45. The molecule has 0 fully saturated rings. The van der Waals surface area contributed by atoms with E-state index in [-0.39, 0.29) is 31.4 Å². The van der Waals surface area contributed by atoms with Gasteiger partial charge >= 0.3 is 12.5 Å². The van der Waals surface area contributed by atoms with Crippen molar-refractivity contribution in [3.8, 4) is 5.75 Å². The number of hydrogen-bond acceptors (Lipinski definition) is 4. The Morgan fingerprint density at radius 3 is 2.43 bits per heavy atom. The topological polar surface area (TPSA) is 59.4 Å². The van der Waals surface area contributed by atoms with Gasteiger partial charge in [0, 0.05) is 37.3 Å². The number of halogens is 6. The third-order valence-electron chi connectivity index (χ3n) is 4.33. The van der Waals surface area contributed by atoms with Crippen molar-refractivity contribution in [3.05, 3.63) is 48.7 Å². The highest BCUT2D eigenvalue weighted by atomic mass is 19.4. The van der Waals surface area contributed by atoms with Gasteiger partial charge in [0.2, 0.25) is 5.91 Å². The van der Waals surface area contributed by atoms with Crippen molar-refractivity contribution in [2.75, 3.05) is 18.0 Å². The second-order valence-electron chi connectivity index (χ2n) is 6.54. The molecule has 1 amide bonds. The van der Waals surface area contributed by atoms with Crippen LogP contribution in [0.2, 0.25) is 0 Å². The van der Waals surface area contributed by atoms with Gasteiger partial charge in [0.05, 0.1) is 0 Å². The zero-order valence-corrected chi connectivity index (χ0v) is 15.3. The molecule has 1 unspecified atom stereocenters. The van der Waals surface area contributed by atoms with Crippen LogP contribution in [0, 0.1) is 5.92 Å². The molecule has 0 saturated carbocycles. The Morgan fingerprint density at radius 1 is 1.20 bits per heavy atom. The van der Waals surface area contributed by atoms with E-state index in [1.165, 1.54) is 17.0 Å². The van der Waals surface area contributed by atoms with Crippen molar-refractivity contribution in [3.63, 3.8) is 0 Å². The molecule has 1 N–H and O–H groups in total. The molecular weight excluding hydrogens is 418 g/mol. The molecule has 0 spiro atoms. The maximum Gasteiger partial charge on any atom is 0.573 e. The first-order valence-corrected chi connectivity index (χ1v) is 8.65. The van der Waals surface area contributed by atoms with Crippen molar-refractivity contribution < 1.29 is 35.9 Å². The smallest absolute Gasteiger partial charge is 0.406 e. The van der Waals surface area contributed by atoms with Crippen LogP contribution in [0.3, 0.4) is 0 Å². The maximum atomic E-state index is 13.1. The minimum atomic E-state index is -4.86. The van der Waals surface area contributed by atoms with E-state index in [0.717, 1.165) is 29.0 Å². The number of rotatable bonds is 5. The molecule has 162 valence electrons. The molecule has 6 nitrogen and oxygen atoms in total. The summed E-state index contributed by atoms with van der Waals surface area (Å²) < 4.78 is 81.4. The molecule has 1 aromatic carbocycles. The highest BCUT2D eigenvalue weighted by Gasteiger charge is 2.38. The van der Waals surface area contributed by atoms with Gasteiger partial charge < -0.3 is 15.0 Å². The molecule has 3 rings (SSSR count). The van der Waals surface area contributed by atoms with Gasteiger partial charge in [-0.3, -0.25) is 4.79 Å². The van der Waals surface area contributed by atoms with Gasteiger partial charge in [0.25, 0.3) is 0 Å². The fourth-order valence-corrected chi connectivity index (χ4v) is 3.06. The van der Waals surface area contributed by atoms with E-state index in [1.807, 2.05) is 0 Å². The summed E-state index contributed by atoms with van der Waals surface area (Å²) in [5.74, 6) is -1.06. The summed E-state index contributed by atoms with van der Waals surface area (Å²) in [5, 5.41) is 6.19. The highest BCUT2D eigenvalue weighted by molar-refractivity contribution is 5.86. The molecule has 1 aliphatic heterocycles. The van der Waals surface area contributed by atoms with Gasteiger partial charge in [-0.1, -0.05) is 6.58 Å². The number of fused-ring (bicyclic) bond motifs is 1. The summed E-state index contributed by atoms with van der Waals surface area (Å²) in [6, 6.07) is 5.61. The van der Waals surface area contributed by atoms with Gasteiger partial charge in [0.15, 0.2) is 5.69 Å².